The Morgan fingerprint density at radius 2 is 1.76 bits per heavy atom. The molecule has 1 N–H and O–H groups in total. The monoisotopic (exact) mass is 430 g/mol. The fourth-order valence-electron chi connectivity index (χ4n) is 2.83. The Kier molecular flexibility index (Phi) is 6.66. The number of nitrogens with zero attached hydrogens (tertiary/aromatic N) is 1. The summed E-state index contributed by atoms with van der Waals surface area (Å²) in [6, 6.07) is 16.8. The summed E-state index contributed by atoms with van der Waals surface area (Å²) in [6.07, 6.45) is 3.48. The molecule has 3 aromatic rings. The summed E-state index contributed by atoms with van der Waals surface area (Å²) in [5.74, 6) is 0.400. The molecular formula is C21H22N2O4S2. The number of furan rings is 1. The van der Waals surface area contributed by atoms with Gasteiger partial charge in [0.1, 0.15) is 5.76 Å². The van der Waals surface area contributed by atoms with Crippen molar-refractivity contribution in [1.82, 2.24) is 5.32 Å². The van der Waals surface area contributed by atoms with E-state index < -0.39 is 10.0 Å². The Labute approximate surface area is 175 Å². The van der Waals surface area contributed by atoms with E-state index in [1.165, 1.54) is 4.31 Å². The maximum Gasteiger partial charge on any atom is 0.264 e. The first-order chi connectivity index (χ1) is 14.0. The van der Waals surface area contributed by atoms with Gasteiger partial charge in [-0.2, -0.15) is 0 Å². The molecule has 0 aliphatic rings. The molecule has 0 spiro atoms. The van der Waals surface area contributed by atoms with Gasteiger partial charge in [0, 0.05) is 17.0 Å². The van der Waals surface area contributed by atoms with Crippen molar-refractivity contribution >= 4 is 33.4 Å². The van der Waals surface area contributed by atoms with Gasteiger partial charge in [0.05, 0.1) is 23.4 Å². The summed E-state index contributed by atoms with van der Waals surface area (Å²) in [5.41, 5.74) is 0.946. The highest BCUT2D eigenvalue weighted by Gasteiger charge is 2.23. The van der Waals surface area contributed by atoms with E-state index in [9.17, 15) is 13.2 Å². The maximum absolute atomic E-state index is 13.0. The number of hydrogen-bond acceptors (Lipinski definition) is 5. The standard InChI is InChI=1S/C21H22N2O4S2/c1-3-23(29(25,26)20-12-10-19(28-2)11-13-20)17-8-6-16(7-9-17)21(24)22-15-18-5-4-14-27-18/h4-14H,3,15H2,1-2H3,(H,22,24). The van der Waals surface area contributed by atoms with Crippen molar-refractivity contribution in [3.05, 3.63) is 78.3 Å². The molecule has 1 amide bonds. The first-order valence-electron chi connectivity index (χ1n) is 9.03. The Balaban J connectivity index is 1.76. The zero-order valence-corrected chi connectivity index (χ0v) is 17.8. The fraction of sp³-hybridized carbons (Fsp3) is 0.190. The van der Waals surface area contributed by atoms with E-state index in [1.807, 2.05) is 6.26 Å². The van der Waals surface area contributed by atoms with Crippen LogP contribution < -0.4 is 9.62 Å². The number of anilines is 1. The van der Waals surface area contributed by atoms with E-state index in [0.29, 0.717) is 17.0 Å². The Morgan fingerprint density at radius 1 is 1.07 bits per heavy atom. The second-order valence-corrected chi connectivity index (χ2v) is 8.90. The lowest BCUT2D eigenvalue weighted by Gasteiger charge is -2.23. The van der Waals surface area contributed by atoms with Gasteiger partial charge in [0.25, 0.3) is 15.9 Å². The van der Waals surface area contributed by atoms with Crippen LogP contribution in [0.1, 0.15) is 23.0 Å². The van der Waals surface area contributed by atoms with Gasteiger partial charge in [-0.3, -0.25) is 9.10 Å². The topological polar surface area (TPSA) is 79.6 Å². The van der Waals surface area contributed by atoms with Crippen LogP contribution in [-0.4, -0.2) is 27.1 Å². The predicted octanol–water partition coefficient (Wildman–Crippen LogP) is 4.15. The van der Waals surface area contributed by atoms with Crippen LogP contribution in [0.25, 0.3) is 0 Å². The van der Waals surface area contributed by atoms with Crippen LogP contribution in [0.3, 0.4) is 0 Å². The molecule has 0 fully saturated rings. The van der Waals surface area contributed by atoms with Crippen LogP contribution in [0.4, 0.5) is 5.69 Å². The summed E-state index contributed by atoms with van der Waals surface area (Å²) in [4.78, 5) is 13.5. The highest BCUT2D eigenvalue weighted by Crippen LogP contribution is 2.25. The van der Waals surface area contributed by atoms with Crippen molar-refractivity contribution in [2.45, 2.75) is 23.3 Å². The molecular weight excluding hydrogens is 408 g/mol. The van der Waals surface area contributed by atoms with Crippen molar-refractivity contribution in [3.63, 3.8) is 0 Å². The van der Waals surface area contributed by atoms with Crippen molar-refractivity contribution in [3.8, 4) is 0 Å². The molecule has 152 valence electrons. The molecule has 0 bridgehead atoms. The third-order valence-electron chi connectivity index (χ3n) is 4.36. The molecule has 0 radical (unpaired) electrons. The van der Waals surface area contributed by atoms with Gasteiger partial charge in [-0.15, -0.1) is 11.8 Å². The van der Waals surface area contributed by atoms with Crippen molar-refractivity contribution < 1.29 is 17.6 Å². The minimum atomic E-state index is -3.69. The lowest BCUT2D eigenvalue weighted by atomic mass is 10.2. The average molecular weight is 431 g/mol. The number of rotatable bonds is 8. The summed E-state index contributed by atoms with van der Waals surface area (Å²) >= 11 is 1.55. The molecule has 0 saturated carbocycles. The molecule has 0 saturated heterocycles. The van der Waals surface area contributed by atoms with Gasteiger partial charge in [-0.25, -0.2) is 8.42 Å². The number of amides is 1. The van der Waals surface area contributed by atoms with Crippen LogP contribution in [0.15, 0.2) is 81.1 Å². The SMILES string of the molecule is CCN(c1ccc(C(=O)NCc2ccco2)cc1)S(=O)(=O)c1ccc(SC)cc1. The van der Waals surface area contributed by atoms with Crippen LogP contribution in [0.2, 0.25) is 0 Å². The van der Waals surface area contributed by atoms with E-state index in [1.54, 1.807) is 85.6 Å². The lowest BCUT2D eigenvalue weighted by Crippen LogP contribution is -2.31. The fourth-order valence-corrected chi connectivity index (χ4v) is 4.71. The Hall–Kier alpha value is -2.71. The van der Waals surface area contributed by atoms with Gasteiger partial charge in [0.2, 0.25) is 0 Å². The number of carbonyl (C=O) groups is 1. The molecule has 0 unspecified atom stereocenters. The van der Waals surface area contributed by atoms with Crippen molar-refractivity contribution in [1.29, 1.82) is 0 Å². The van der Waals surface area contributed by atoms with Crippen molar-refractivity contribution in [2.24, 2.45) is 0 Å². The minimum Gasteiger partial charge on any atom is -0.467 e. The molecule has 6 nitrogen and oxygen atoms in total. The van der Waals surface area contributed by atoms with Crippen LogP contribution >= 0.6 is 11.8 Å². The molecule has 2 aromatic carbocycles. The highest BCUT2D eigenvalue weighted by molar-refractivity contribution is 7.98. The molecule has 1 aromatic heterocycles. The second kappa shape index (κ2) is 9.19. The van der Waals surface area contributed by atoms with Crippen LogP contribution in [0.5, 0.6) is 0 Å². The first kappa shape index (κ1) is 21.0. The first-order valence-corrected chi connectivity index (χ1v) is 11.7. The largest absolute Gasteiger partial charge is 0.467 e. The molecule has 0 aliphatic carbocycles. The zero-order valence-electron chi connectivity index (χ0n) is 16.2. The Bertz CT molecular complexity index is 1050. The predicted molar refractivity (Wildman–Crippen MR) is 115 cm³/mol. The van der Waals surface area contributed by atoms with E-state index in [4.69, 9.17) is 4.42 Å². The second-order valence-electron chi connectivity index (χ2n) is 6.15. The van der Waals surface area contributed by atoms with Gasteiger partial charge in [0.15, 0.2) is 0 Å². The quantitative estimate of drug-likeness (QED) is 0.543. The minimum absolute atomic E-state index is 0.234. The van der Waals surface area contributed by atoms with Gasteiger partial charge in [-0.1, -0.05) is 0 Å². The van der Waals surface area contributed by atoms with Crippen molar-refractivity contribution in [2.75, 3.05) is 17.1 Å². The molecule has 29 heavy (non-hydrogen) atoms. The summed E-state index contributed by atoms with van der Waals surface area (Å²) < 4.78 is 32.6. The lowest BCUT2D eigenvalue weighted by molar-refractivity contribution is 0.0948. The van der Waals surface area contributed by atoms with E-state index >= 15 is 0 Å². The van der Waals surface area contributed by atoms with E-state index in [-0.39, 0.29) is 23.9 Å². The molecule has 0 atom stereocenters. The van der Waals surface area contributed by atoms with Gasteiger partial charge < -0.3 is 9.73 Å². The Morgan fingerprint density at radius 3 is 2.31 bits per heavy atom. The third kappa shape index (κ3) is 4.83. The highest BCUT2D eigenvalue weighted by atomic mass is 32.2. The molecule has 0 aliphatic heterocycles. The van der Waals surface area contributed by atoms with Crippen LogP contribution in [0, 0.1) is 0 Å². The zero-order chi connectivity index (χ0) is 20.9. The maximum atomic E-state index is 13.0. The van der Waals surface area contributed by atoms with E-state index in [0.717, 1.165) is 4.90 Å². The summed E-state index contributed by atoms with van der Waals surface area (Å²) in [6.45, 7) is 2.34. The number of thioether (sulfide) groups is 1. The number of nitrogens with one attached hydrogen (secondary N) is 1. The van der Waals surface area contributed by atoms with Gasteiger partial charge in [-0.05, 0) is 73.8 Å². The molecule has 3 rings (SSSR count). The van der Waals surface area contributed by atoms with Crippen LogP contribution in [-0.2, 0) is 16.6 Å². The number of benzene rings is 2. The molecule has 8 heteroatoms. The number of sulfonamides is 1. The summed E-state index contributed by atoms with van der Waals surface area (Å²) in [7, 11) is -3.69. The van der Waals surface area contributed by atoms with E-state index in [2.05, 4.69) is 5.32 Å². The van der Waals surface area contributed by atoms with Gasteiger partial charge >= 0.3 is 0 Å². The average Bonchev–Trinajstić information content (AvgIpc) is 3.26. The smallest absolute Gasteiger partial charge is 0.264 e. The molecule has 1 heterocycles. The number of carbonyl (C=O) groups excluding carboxylic acids is 1. The third-order valence-corrected chi connectivity index (χ3v) is 7.02. The summed E-state index contributed by atoms with van der Waals surface area (Å²) in [5, 5.41) is 2.76. The normalized spacial score (nSPS) is 11.2. The number of hydrogen-bond donors (Lipinski definition) is 1.